The number of aromatic nitrogens is 1. The minimum atomic E-state index is -0.220. The second kappa shape index (κ2) is 8.55. The first-order valence-corrected chi connectivity index (χ1v) is 8.13. The Morgan fingerprint density at radius 1 is 1.38 bits per heavy atom. The van der Waals surface area contributed by atoms with E-state index in [9.17, 15) is 4.79 Å². The Morgan fingerprint density at radius 2 is 2.17 bits per heavy atom. The molecule has 6 heteroatoms. The molecule has 0 aliphatic carbocycles. The molecule has 128 valence electrons. The van der Waals surface area contributed by atoms with Crippen molar-refractivity contribution < 1.29 is 14.3 Å². The molecule has 0 aliphatic rings. The van der Waals surface area contributed by atoms with Crippen molar-refractivity contribution in [3.05, 3.63) is 52.7 Å². The van der Waals surface area contributed by atoms with E-state index in [1.807, 2.05) is 38.1 Å². The quantitative estimate of drug-likeness (QED) is 0.831. The Labute approximate surface area is 147 Å². The number of amides is 1. The molecular weight excluding hydrogens is 328 g/mol. The molecule has 2 aromatic rings. The molecule has 1 N–H and O–H groups in total. The van der Waals surface area contributed by atoms with Crippen LogP contribution in [0.4, 0.5) is 0 Å². The zero-order valence-electron chi connectivity index (χ0n) is 14.0. The molecule has 1 heterocycles. The van der Waals surface area contributed by atoms with E-state index in [-0.39, 0.29) is 11.9 Å². The van der Waals surface area contributed by atoms with Gasteiger partial charge in [-0.1, -0.05) is 23.7 Å². The Balaban J connectivity index is 1.99. The highest BCUT2D eigenvalue weighted by molar-refractivity contribution is 6.32. The van der Waals surface area contributed by atoms with Crippen LogP contribution >= 0.6 is 11.6 Å². The summed E-state index contributed by atoms with van der Waals surface area (Å²) in [6.07, 6.45) is 2.16. The highest BCUT2D eigenvalue weighted by atomic mass is 35.5. The Kier molecular flexibility index (Phi) is 6.44. The zero-order valence-corrected chi connectivity index (χ0v) is 14.8. The lowest BCUT2D eigenvalue weighted by molar-refractivity contribution is 0.0939. The zero-order chi connectivity index (χ0) is 17.5. The van der Waals surface area contributed by atoms with Crippen molar-refractivity contribution >= 4 is 17.5 Å². The van der Waals surface area contributed by atoms with Gasteiger partial charge < -0.3 is 14.8 Å². The minimum Gasteiger partial charge on any atom is -0.497 e. The first kappa shape index (κ1) is 18.1. The van der Waals surface area contributed by atoms with Crippen LogP contribution in [0.25, 0.3) is 0 Å². The summed E-state index contributed by atoms with van der Waals surface area (Å²) >= 11 is 6.07. The fourth-order valence-electron chi connectivity index (χ4n) is 2.30. The molecular formula is C18H21ClN2O3. The molecule has 1 aromatic heterocycles. The molecule has 0 saturated heterocycles. The number of hydrogen-bond donors (Lipinski definition) is 1. The van der Waals surface area contributed by atoms with Crippen molar-refractivity contribution in [1.29, 1.82) is 0 Å². The van der Waals surface area contributed by atoms with Gasteiger partial charge >= 0.3 is 0 Å². The molecule has 0 saturated carbocycles. The van der Waals surface area contributed by atoms with E-state index in [1.165, 1.54) is 6.20 Å². The summed E-state index contributed by atoms with van der Waals surface area (Å²) in [5, 5.41) is 3.27. The first-order chi connectivity index (χ1) is 11.5. The standard InChI is InChI=1S/C18H21ClN2O3/c1-4-24-18-16(19)10-14(11-20-18)17(22)21-12(2)8-13-6-5-7-15(9-13)23-3/h5-7,9-12H,4,8H2,1-3H3,(H,21,22). The van der Waals surface area contributed by atoms with E-state index >= 15 is 0 Å². The maximum atomic E-state index is 12.3. The lowest BCUT2D eigenvalue weighted by Gasteiger charge is -2.15. The number of nitrogens with one attached hydrogen (secondary N) is 1. The minimum absolute atomic E-state index is 0.0463. The highest BCUT2D eigenvalue weighted by Gasteiger charge is 2.13. The van der Waals surface area contributed by atoms with Crippen molar-refractivity contribution in [3.63, 3.8) is 0 Å². The van der Waals surface area contributed by atoms with Crippen molar-refractivity contribution in [1.82, 2.24) is 10.3 Å². The van der Waals surface area contributed by atoms with Crippen molar-refractivity contribution in [3.8, 4) is 11.6 Å². The molecule has 1 amide bonds. The molecule has 1 atom stereocenters. The van der Waals surface area contributed by atoms with E-state index in [2.05, 4.69) is 10.3 Å². The van der Waals surface area contributed by atoms with Gasteiger partial charge in [0.1, 0.15) is 10.8 Å². The van der Waals surface area contributed by atoms with Gasteiger partial charge in [0.25, 0.3) is 5.91 Å². The molecule has 0 bridgehead atoms. The van der Waals surface area contributed by atoms with Gasteiger partial charge in [0, 0.05) is 12.2 Å². The number of carbonyl (C=O) groups excluding carboxylic acids is 1. The molecule has 1 unspecified atom stereocenters. The van der Waals surface area contributed by atoms with Crippen LogP contribution in [0.15, 0.2) is 36.5 Å². The molecule has 0 spiro atoms. The SMILES string of the molecule is CCOc1ncc(C(=O)NC(C)Cc2cccc(OC)c2)cc1Cl. The number of nitrogens with zero attached hydrogens (tertiary/aromatic N) is 1. The first-order valence-electron chi connectivity index (χ1n) is 7.75. The monoisotopic (exact) mass is 348 g/mol. The van der Waals surface area contributed by atoms with Crippen LogP contribution < -0.4 is 14.8 Å². The van der Waals surface area contributed by atoms with E-state index < -0.39 is 0 Å². The third-order valence-corrected chi connectivity index (χ3v) is 3.67. The lowest BCUT2D eigenvalue weighted by atomic mass is 10.1. The molecule has 0 fully saturated rings. The molecule has 1 aromatic carbocycles. The van der Waals surface area contributed by atoms with Crippen LogP contribution in [0.3, 0.4) is 0 Å². The van der Waals surface area contributed by atoms with Crippen LogP contribution in [0.5, 0.6) is 11.6 Å². The Morgan fingerprint density at radius 3 is 2.83 bits per heavy atom. The lowest BCUT2D eigenvalue weighted by Crippen LogP contribution is -2.34. The van der Waals surface area contributed by atoms with Crippen molar-refractivity contribution in [2.24, 2.45) is 0 Å². The van der Waals surface area contributed by atoms with Gasteiger partial charge in [-0.2, -0.15) is 0 Å². The smallest absolute Gasteiger partial charge is 0.253 e. The molecule has 0 aliphatic heterocycles. The third-order valence-electron chi connectivity index (χ3n) is 3.40. The number of ether oxygens (including phenoxy) is 2. The summed E-state index contributed by atoms with van der Waals surface area (Å²) in [5.74, 6) is 0.913. The molecule has 0 radical (unpaired) electrons. The summed E-state index contributed by atoms with van der Waals surface area (Å²) in [6.45, 7) is 4.26. The number of methoxy groups -OCH3 is 1. The predicted octanol–water partition coefficient (Wildman–Crippen LogP) is 3.50. The Hall–Kier alpha value is -2.27. The average Bonchev–Trinajstić information content (AvgIpc) is 2.56. The fraction of sp³-hybridized carbons (Fsp3) is 0.333. The van der Waals surface area contributed by atoms with Crippen LogP contribution in [0.1, 0.15) is 29.8 Å². The van der Waals surface area contributed by atoms with Gasteiger partial charge in [-0.15, -0.1) is 0 Å². The summed E-state index contributed by atoms with van der Waals surface area (Å²) in [5.41, 5.74) is 1.49. The molecule has 2 rings (SSSR count). The maximum Gasteiger partial charge on any atom is 0.253 e. The number of carbonyl (C=O) groups is 1. The molecule has 5 nitrogen and oxygen atoms in total. The van der Waals surface area contributed by atoms with Gasteiger partial charge in [0.2, 0.25) is 5.88 Å². The van der Waals surface area contributed by atoms with E-state index in [4.69, 9.17) is 21.1 Å². The third kappa shape index (κ3) is 4.86. The largest absolute Gasteiger partial charge is 0.497 e. The number of halogens is 1. The van der Waals surface area contributed by atoms with Crippen LogP contribution in [-0.4, -0.2) is 30.6 Å². The second-order valence-corrected chi connectivity index (χ2v) is 5.78. The average molecular weight is 349 g/mol. The summed E-state index contributed by atoms with van der Waals surface area (Å²) in [7, 11) is 1.63. The van der Waals surface area contributed by atoms with E-state index in [0.717, 1.165) is 11.3 Å². The van der Waals surface area contributed by atoms with Gasteiger partial charge in [-0.25, -0.2) is 4.98 Å². The van der Waals surface area contributed by atoms with Gasteiger partial charge in [-0.05, 0) is 44.0 Å². The molecule has 24 heavy (non-hydrogen) atoms. The fourth-order valence-corrected chi connectivity index (χ4v) is 2.52. The maximum absolute atomic E-state index is 12.3. The number of rotatable bonds is 7. The number of pyridine rings is 1. The van der Waals surface area contributed by atoms with Gasteiger partial charge in [-0.3, -0.25) is 4.79 Å². The Bertz CT molecular complexity index is 706. The number of hydrogen-bond acceptors (Lipinski definition) is 4. The topological polar surface area (TPSA) is 60.5 Å². The second-order valence-electron chi connectivity index (χ2n) is 5.37. The predicted molar refractivity (Wildman–Crippen MR) is 94.0 cm³/mol. The van der Waals surface area contributed by atoms with Crippen LogP contribution in [0.2, 0.25) is 5.02 Å². The summed E-state index contributed by atoms with van der Waals surface area (Å²) in [6, 6.07) is 9.29. The van der Waals surface area contributed by atoms with Gasteiger partial charge in [0.15, 0.2) is 0 Å². The highest BCUT2D eigenvalue weighted by Crippen LogP contribution is 2.22. The van der Waals surface area contributed by atoms with E-state index in [1.54, 1.807) is 13.2 Å². The van der Waals surface area contributed by atoms with Crippen LogP contribution in [0, 0.1) is 0 Å². The normalized spacial score (nSPS) is 11.7. The van der Waals surface area contributed by atoms with E-state index in [0.29, 0.717) is 29.5 Å². The van der Waals surface area contributed by atoms with Crippen molar-refractivity contribution in [2.75, 3.05) is 13.7 Å². The summed E-state index contributed by atoms with van der Waals surface area (Å²) in [4.78, 5) is 16.4. The van der Waals surface area contributed by atoms with Crippen molar-refractivity contribution in [2.45, 2.75) is 26.3 Å². The van der Waals surface area contributed by atoms with Crippen LogP contribution in [-0.2, 0) is 6.42 Å². The summed E-state index contributed by atoms with van der Waals surface area (Å²) < 4.78 is 10.5. The number of benzene rings is 1. The van der Waals surface area contributed by atoms with Gasteiger partial charge in [0.05, 0.1) is 19.3 Å².